The quantitative estimate of drug-likeness (QED) is 0.341. The van der Waals surface area contributed by atoms with Crippen molar-refractivity contribution in [3.8, 4) is 5.75 Å². The molecule has 0 aromatic heterocycles. The highest BCUT2D eigenvalue weighted by Gasteiger charge is 2.01. The first-order valence-corrected chi connectivity index (χ1v) is 9.96. The number of hydrogen-bond acceptors (Lipinski definition) is 4. The van der Waals surface area contributed by atoms with Crippen LogP contribution in [0, 0.1) is 6.92 Å². The molecule has 1 N–H and O–H groups in total. The normalized spacial score (nSPS) is 10.8. The summed E-state index contributed by atoms with van der Waals surface area (Å²) in [5.41, 5.74) is 5.77. The second-order valence-electron chi connectivity index (χ2n) is 6.24. The Kier molecular flexibility index (Phi) is 7.27. The van der Waals surface area contributed by atoms with Gasteiger partial charge in [-0.25, -0.2) is 5.43 Å². The maximum absolute atomic E-state index is 11.9. The molecule has 0 unspecified atom stereocenters. The molecule has 0 heterocycles. The van der Waals surface area contributed by atoms with Crippen molar-refractivity contribution in [2.45, 2.75) is 18.4 Å². The van der Waals surface area contributed by atoms with Crippen molar-refractivity contribution >= 4 is 23.9 Å². The number of hydrogen-bond donors (Lipinski definition) is 1. The highest BCUT2D eigenvalue weighted by molar-refractivity contribution is 8.00. The molecule has 0 saturated heterocycles. The Balaban J connectivity index is 1.41. The van der Waals surface area contributed by atoms with E-state index in [1.54, 1.807) is 6.21 Å². The molecule has 0 fully saturated rings. The van der Waals surface area contributed by atoms with Crippen LogP contribution in [0.15, 0.2) is 88.9 Å². The van der Waals surface area contributed by atoms with Gasteiger partial charge >= 0.3 is 0 Å². The fourth-order valence-corrected chi connectivity index (χ4v) is 3.08. The minimum Gasteiger partial charge on any atom is -0.489 e. The van der Waals surface area contributed by atoms with E-state index in [1.165, 1.54) is 17.3 Å². The van der Waals surface area contributed by atoms with E-state index in [1.807, 2.05) is 85.8 Å². The Morgan fingerprint density at radius 3 is 2.43 bits per heavy atom. The molecule has 3 rings (SSSR count). The third-order valence-electron chi connectivity index (χ3n) is 3.92. The number of hydrazone groups is 1. The number of carbonyl (C=O) groups excluding carboxylic acids is 1. The van der Waals surface area contributed by atoms with Gasteiger partial charge in [0.25, 0.3) is 0 Å². The molecule has 28 heavy (non-hydrogen) atoms. The lowest BCUT2D eigenvalue weighted by Crippen LogP contribution is -2.19. The van der Waals surface area contributed by atoms with Crippen LogP contribution in [0.3, 0.4) is 0 Å². The van der Waals surface area contributed by atoms with E-state index in [0.717, 1.165) is 21.8 Å². The largest absolute Gasteiger partial charge is 0.489 e. The summed E-state index contributed by atoms with van der Waals surface area (Å²) in [5.74, 6) is 0.983. The van der Waals surface area contributed by atoms with Gasteiger partial charge in [-0.3, -0.25) is 4.79 Å². The first-order valence-electron chi connectivity index (χ1n) is 8.97. The third-order valence-corrected chi connectivity index (χ3v) is 4.93. The van der Waals surface area contributed by atoms with Gasteiger partial charge < -0.3 is 4.74 Å². The minimum atomic E-state index is -0.135. The lowest BCUT2D eigenvalue weighted by molar-refractivity contribution is -0.118. The first-order chi connectivity index (χ1) is 13.7. The Morgan fingerprint density at radius 1 is 1.00 bits per heavy atom. The number of ether oxygens (including phenoxy) is 1. The van der Waals surface area contributed by atoms with E-state index in [0.29, 0.717) is 12.4 Å². The molecule has 0 aliphatic heterocycles. The zero-order chi connectivity index (χ0) is 19.6. The molecule has 1 amide bonds. The molecule has 0 saturated carbocycles. The first kappa shape index (κ1) is 19.7. The van der Waals surface area contributed by atoms with Crippen molar-refractivity contribution in [2.24, 2.45) is 5.10 Å². The van der Waals surface area contributed by atoms with E-state index >= 15 is 0 Å². The molecule has 0 atom stereocenters. The van der Waals surface area contributed by atoms with Crippen LogP contribution in [0.25, 0.3) is 0 Å². The van der Waals surface area contributed by atoms with Gasteiger partial charge in [0.1, 0.15) is 12.4 Å². The van der Waals surface area contributed by atoms with Gasteiger partial charge in [0.15, 0.2) is 0 Å². The third kappa shape index (κ3) is 6.59. The Hall–Kier alpha value is -3.05. The molecule has 142 valence electrons. The van der Waals surface area contributed by atoms with Gasteiger partial charge in [-0.2, -0.15) is 5.10 Å². The molecule has 3 aromatic rings. The predicted molar refractivity (Wildman–Crippen MR) is 115 cm³/mol. The van der Waals surface area contributed by atoms with Crippen molar-refractivity contribution in [3.05, 3.63) is 95.6 Å². The number of thioether (sulfide) groups is 1. The van der Waals surface area contributed by atoms with Gasteiger partial charge in [0, 0.05) is 4.90 Å². The van der Waals surface area contributed by atoms with Gasteiger partial charge in [-0.05, 0) is 54.4 Å². The van der Waals surface area contributed by atoms with Crippen LogP contribution in [-0.4, -0.2) is 17.9 Å². The topological polar surface area (TPSA) is 50.7 Å². The van der Waals surface area contributed by atoms with Crippen molar-refractivity contribution in [2.75, 3.05) is 5.75 Å². The maximum Gasteiger partial charge on any atom is 0.250 e. The van der Waals surface area contributed by atoms with Crippen molar-refractivity contribution < 1.29 is 9.53 Å². The van der Waals surface area contributed by atoms with E-state index in [2.05, 4.69) is 10.5 Å². The average molecular weight is 391 g/mol. The molecular weight excluding hydrogens is 368 g/mol. The summed E-state index contributed by atoms with van der Waals surface area (Å²) in [5, 5.41) is 4.01. The molecule has 0 aliphatic rings. The number of benzene rings is 3. The van der Waals surface area contributed by atoms with Gasteiger partial charge in [0.2, 0.25) is 5.91 Å². The van der Waals surface area contributed by atoms with Crippen molar-refractivity contribution in [1.82, 2.24) is 5.43 Å². The molecule has 0 spiro atoms. The number of amides is 1. The van der Waals surface area contributed by atoms with Gasteiger partial charge in [0.05, 0.1) is 12.0 Å². The van der Waals surface area contributed by atoms with E-state index in [4.69, 9.17) is 4.74 Å². The van der Waals surface area contributed by atoms with Crippen LogP contribution in [-0.2, 0) is 11.4 Å². The summed E-state index contributed by atoms with van der Waals surface area (Å²) in [6.45, 7) is 2.57. The van der Waals surface area contributed by atoms with Crippen LogP contribution < -0.4 is 10.2 Å². The lowest BCUT2D eigenvalue weighted by Gasteiger charge is -2.06. The molecule has 0 radical (unpaired) electrons. The second kappa shape index (κ2) is 10.3. The minimum absolute atomic E-state index is 0.135. The van der Waals surface area contributed by atoms with Crippen LogP contribution in [0.2, 0.25) is 0 Å². The fourth-order valence-electron chi connectivity index (χ4n) is 2.39. The monoisotopic (exact) mass is 390 g/mol. The molecule has 4 nitrogen and oxygen atoms in total. The molecule has 0 bridgehead atoms. The Bertz CT molecular complexity index is 908. The molecule has 0 aliphatic carbocycles. The zero-order valence-corrected chi connectivity index (χ0v) is 16.5. The standard InChI is InChI=1S/C23H22N2O2S/c1-18-7-13-22(14-8-18)28-17-23(26)25-24-15-19-9-11-21(12-10-19)27-16-20-5-3-2-4-6-20/h2-15H,16-17H2,1H3,(H,25,26)/b24-15-. The number of nitrogens with zero attached hydrogens (tertiary/aromatic N) is 1. The Labute approximate surface area is 169 Å². The van der Waals surface area contributed by atoms with Gasteiger partial charge in [-0.15, -0.1) is 11.8 Å². The maximum atomic E-state index is 11.9. The average Bonchev–Trinajstić information content (AvgIpc) is 2.73. The molecular formula is C23H22N2O2S. The smallest absolute Gasteiger partial charge is 0.250 e. The number of carbonyl (C=O) groups is 1. The molecule has 5 heteroatoms. The summed E-state index contributed by atoms with van der Waals surface area (Å²) in [7, 11) is 0. The molecule has 3 aromatic carbocycles. The lowest BCUT2D eigenvalue weighted by atomic mass is 10.2. The Morgan fingerprint density at radius 2 is 1.71 bits per heavy atom. The summed E-state index contributed by atoms with van der Waals surface area (Å²) in [6.07, 6.45) is 1.62. The summed E-state index contributed by atoms with van der Waals surface area (Å²) in [6, 6.07) is 25.7. The van der Waals surface area contributed by atoms with Crippen LogP contribution >= 0.6 is 11.8 Å². The highest BCUT2D eigenvalue weighted by Crippen LogP contribution is 2.17. The number of aryl methyl sites for hydroxylation is 1. The van der Waals surface area contributed by atoms with Crippen LogP contribution in [0.4, 0.5) is 0 Å². The van der Waals surface area contributed by atoms with Crippen molar-refractivity contribution in [1.29, 1.82) is 0 Å². The zero-order valence-electron chi connectivity index (χ0n) is 15.7. The number of nitrogens with one attached hydrogen (secondary N) is 1. The summed E-state index contributed by atoms with van der Waals surface area (Å²) < 4.78 is 5.75. The summed E-state index contributed by atoms with van der Waals surface area (Å²) >= 11 is 1.49. The fraction of sp³-hybridized carbons (Fsp3) is 0.130. The van der Waals surface area contributed by atoms with E-state index in [-0.39, 0.29) is 5.91 Å². The summed E-state index contributed by atoms with van der Waals surface area (Å²) in [4.78, 5) is 12.9. The number of rotatable bonds is 8. The SMILES string of the molecule is Cc1ccc(SCC(=O)N/N=C\c2ccc(OCc3ccccc3)cc2)cc1. The highest BCUT2D eigenvalue weighted by atomic mass is 32.2. The van der Waals surface area contributed by atoms with Crippen LogP contribution in [0.5, 0.6) is 5.75 Å². The van der Waals surface area contributed by atoms with E-state index in [9.17, 15) is 4.79 Å². The predicted octanol–water partition coefficient (Wildman–Crippen LogP) is 4.82. The van der Waals surface area contributed by atoms with Crippen molar-refractivity contribution in [3.63, 3.8) is 0 Å². The second-order valence-corrected chi connectivity index (χ2v) is 7.29. The van der Waals surface area contributed by atoms with Crippen LogP contribution in [0.1, 0.15) is 16.7 Å². The van der Waals surface area contributed by atoms with E-state index < -0.39 is 0 Å². The van der Waals surface area contributed by atoms with Gasteiger partial charge in [-0.1, -0.05) is 48.0 Å².